The van der Waals surface area contributed by atoms with Gasteiger partial charge in [0.05, 0.1) is 6.61 Å². The van der Waals surface area contributed by atoms with Gasteiger partial charge in [0, 0.05) is 31.0 Å². The molecule has 0 amide bonds. The third kappa shape index (κ3) is 7.54. The SMILES string of the molecule is CCCCCCCOc1ccc(CNc2ccc(N(CC)CC)cc2)cc1. The van der Waals surface area contributed by atoms with E-state index >= 15 is 0 Å². The average molecular weight is 369 g/mol. The van der Waals surface area contributed by atoms with Gasteiger partial charge in [0.1, 0.15) is 5.75 Å². The van der Waals surface area contributed by atoms with E-state index < -0.39 is 0 Å². The molecule has 1 N–H and O–H groups in total. The number of ether oxygens (including phenoxy) is 1. The Labute approximate surface area is 165 Å². The summed E-state index contributed by atoms with van der Waals surface area (Å²) in [5, 5.41) is 3.50. The molecular formula is C24H36N2O. The van der Waals surface area contributed by atoms with Gasteiger partial charge in [0.2, 0.25) is 0 Å². The highest BCUT2D eigenvalue weighted by atomic mass is 16.5. The van der Waals surface area contributed by atoms with Gasteiger partial charge in [-0.05, 0) is 62.2 Å². The van der Waals surface area contributed by atoms with Gasteiger partial charge in [-0.1, -0.05) is 44.7 Å². The molecule has 0 unspecified atom stereocenters. The number of nitrogens with one attached hydrogen (secondary N) is 1. The van der Waals surface area contributed by atoms with Crippen molar-refractivity contribution < 1.29 is 4.74 Å². The van der Waals surface area contributed by atoms with Gasteiger partial charge in [-0.2, -0.15) is 0 Å². The second-order valence-electron chi connectivity index (χ2n) is 6.98. The zero-order chi connectivity index (χ0) is 19.3. The third-order valence-electron chi connectivity index (χ3n) is 4.93. The van der Waals surface area contributed by atoms with Crippen LogP contribution in [-0.4, -0.2) is 19.7 Å². The van der Waals surface area contributed by atoms with Crippen molar-refractivity contribution in [1.29, 1.82) is 0 Å². The van der Waals surface area contributed by atoms with Crippen LogP contribution in [0.2, 0.25) is 0 Å². The molecule has 2 aromatic rings. The molecule has 0 saturated heterocycles. The molecule has 0 bridgehead atoms. The van der Waals surface area contributed by atoms with Crippen molar-refractivity contribution in [2.24, 2.45) is 0 Å². The summed E-state index contributed by atoms with van der Waals surface area (Å²) in [6.45, 7) is 10.3. The van der Waals surface area contributed by atoms with Gasteiger partial charge < -0.3 is 15.0 Å². The predicted molar refractivity (Wildman–Crippen MR) is 118 cm³/mol. The molecule has 0 spiro atoms. The quantitative estimate of drug-likeness (QED) is 0.409. The van der Waals surface area contributed by atoms with E-state index in [0.29, 0.717) is 0 Å². The van der Waals surface area contributed by atoms with E-state index in [2.05, 4.69) is 79.5 Å². The minimum Gasteiger partial charge on any atom is -0.494 e. The molecule has 0 aliphatic rings. The number of anilines is 2. The van der Waals surface area contributed by atoms with Crippen LogP contribution in [0.4, 0.5) is 11.4 Å². The van der Waals surface area contributed by atoms with Crippen LogP contribution in [0.1, 0.15) is 58.4 Å². The Balaban J connectivity index is 1.73. The fourth-order valence-electron chi connectivity index (χ4n) is 3.18. The lowest BCUT2D eigenvalue weighted by atomic mass is 10.2. The standard InChI is InChI=1S/C24H36N2O/c1-4-7-8-9-10-19-27-24-17-11-21(12-18-24)20-25-22-13-15-23(16-14-22)26(5-2)6-3/h11-18,25H,4-10,19-20H2,1-3H3. The molecular weight excluding hydrogens is 332 g/mol. The molecule has 0 fully saturated rings. The summed E-state index contributed by atoms with van der Waals surface area (Å²) >= 11 is 0. The molecule has 27 heavy (non-hydrogen) atoms. The molecule has 0 radical (unpaired) electrons. The molecule has 0 aliphatic carbocycles. The summed E-state index contributed by atoms with van der Waals surface area (Å²) < 4.78 is 5.84. The Morgan fingerprint density at radius 2 is 1.44 bits per heavy atom. The zero-order valence-electron chi connectivity index (χ0n) is 17.3. The highest BCUT2D eigenvalue weighted by Gasteiger charge is 2.02. The van der Waals surface area contributed by atoms with Crippen molar-refractivity contribution in [3.8, 4) is 5.75 Å². The van der Waals surface area contributed by atoms with Gasteiger partial charge in [0.15, 0.2) is 0 Å². The Kier molecular flexibility index (Phi) is 9.61. The van der Waals surface area contributed by atoms with Crippen LogP contribution in [0.25, 0.3) is 0 Å². The maximum Gasteiger partial charge on any atom is 0.119 e. The van der Waals surface area contributed by atoms with Crippen molar-refractivity contribution in [2.75, 3.05) is 29.9 Å². The summed E-state index contributed by atoms with van der Waals surface area (Å²) in [6, 6.07) is 17.1. The Morgan fingerprint density at radius 3 is 2.07 bits per heavy atom. The van der Waals surface area contributed by atoms with Gasteiger partial charge in [-0.25, -0.2) is 0 Å². The predicted octanol–water partition coefficient (Wildman–Crippen LogP) is 6.49. The summed E-state index contributed by atoms with van der Waals surface area (Å²) in [5.74, 6) is 0.970. The molecule has 148 valence electrons. The lowest BCUT2D eigenvalue weighted by Gasteiger charge is -2.21. The first-order valence-corrected chi connectivity index (χ1v) is 10.6. The van der Waals surface area contributed by atoms with Crippen LogP contribution in [0.5, 0.6) is 5.75 Å². The third-order valence-corrected chi connectivity index (χ3v) is 4.93. The lowest BCUT2D eigenvalue weighted by Crippen LogP contribution is -2.21. The smallest absolute Gasteiger partial charge is 0.119 e. The maximum absolute atomic E-state index is 5.84. The van der Waals surface area contributed by atoms with Crippen LogP contribution >= 0.6 is 0 Å². The van der Waals surface area contributed by atoms with Crippen molar-refractivity contribution in [3.63, 3.8) is 0 Å². The molecule has 3 nitrogen and oxygen atoms in total. The molecule has 0 saturated carbocycles. The minimum absolute atomic E-state index is 0.820. The van der Waals surface area contributed by atoms with Crippen LogP contribution in [0, 0.1) is 0 Å². The number of nitrogens with zero attached hydrogens (tertiary/aromatic N) is 1. The number of benzene rings is 2. The van der Waals surface area contributed by atoms with Crippen molar-refractivity contribution >= 4 is 11.4 Å². The van der Waals surface area contributed by atoms with Gasteiger partial charge in [-0.3, -0.25) is 0 Å². The Hall–Kier alpha value is -2.16. The molecule has 0 heterocycles. The number of rotatable bonds is 13. The first kappa shape index (κ1) is 21.1. The van der Waals surface area contributed by atoms with E-state index in [1.54, 1.807) is 0 Å². The normalized spacial score (nSPS) is 10.6. The van der Waals surface area contributed by atoms with E-state index in [1.165, 1.54) is 36.9 Å². The zero-order valence-corrected chi connectivity index (χ0v) is 17.3. The molecule has 0 aliphatic heterocycles. The van der Waals surface area contributed by atoms with E-state index in [4.69, 9.17) is 4.74 Å². The summed E-state index contributed by atoms with van der Waals surface area (Å²) in [7, 11) is 0. The molecule has 2 aromatic carbocycles. The fourth-order valence-corrected chi connectivity index (χ4v) is 3.18. The number of hydrogen-bond donors (Lipinski definition) is 1. The van der Waals surface area contributed by atoms with Gasteiger partial charge in [0.25, 0.3) is 0 Å². The lowest BCUT2D eigenvalue weighted by molar-refractivity contribution is 0.304. The van der Waals surface area contributed by atoms with Gasteiger partial charge in [-0.15, -0.1) is 0 Å². The van der Waals surface area contributed by atoms with E-state index in [-0.39, 0.29) is 0 Å². The highest BCUT2D eigenvalue weighted by Crippen LogP contribution is 2.19. The van der Waals surface area contributed by atoms with E-state index in [1.807, 2.05) is 0 Å². The number of unbranched alkanes of at least 4 members (excludes halogenated alkanes) is 4. The van der Waals surface area contributed by atoms with Crippen molar-refractivity contribution in [1.82, 2.24) is 0 Å². The largest absolute Gasteiger partial charge is 0.494 e. The summed E-state index contributed by atoms with van der Waals surface area (Å²) in [6.07, 6.45) is 6.35. The van der Waals surface area contributed by atoms with E-state index in [0.717, 1.165) is 44.1 Å². The molecule has 2 rings (SSSR count). The molecule has 0 aromatic heterocycles. The van der Waals surface area contributed by atoms with Crippen LogP contribution < -0.4 is 15.0 Å². The first-order valence-electron chi connectivity index (χ1n) is 10.6. The average Bonchev–Trinajstić information content (AvgIpc) is 2.72. The monoisotopic (exact) mass is 368 g/mol. The second kappa shape index (κ2) is 12.3. The highest BCUT2D eigenvalue weighted by molar-refractivity contribution is 5.55. The van der Waals surface area contributed by atoms with Crippen LogP contribution in [-0.2, 0) is 6.54 Å². The summed E-state index contributed by atoms with van der Waals surface area (Å²) in [5.41, 5.74) is 3.69. The van der Waals surface area contributed by atoms with Crippen molar-refractivity contribution in [3.05, 3.63) is 54.1 Å². The summed E-state index contributed by atoms with van der Waals surface area (Å²) in [4.78, 5) is 2.35. The second-order valence-corrected chi connectivity index (χ2v) is 6.98. The number of hydrogen-bond acceptors (Lipinski definition) is 3. The van der Waals surface area contributed by atoms with Gasteiger partial charge >= 0.3 is 0 Å². The first-order chi connectivity index (χ1) is 13.3. The topological polar surface area (TPSA) is 24.5 Å². The molecule has 3 heteroatoms. The maximum atomic E-state index is 5.84. The van der Waals surface area contributed by atoms with Crippen molar-refractivity contribution in [2.45, 2.75) is 59.4 Å². The minimum atomic E-state index is 0.820. The van der Waals surface area contributed by atoms with Crippen LogP contribution in [0.3, 0.4) is 0 Å². The fraction of sp³-hybridized carbons (Fsp3) is 0.500. The Morgan fingerprint density at radius 1 is 0.778 bits per heavy atom. The molecule has 0 atom stereocenters. The van der Waals surface area contributed by atoms with Crippen LogP contribution in [0.15, 0.2) is 48.5 Å². The Bertz CT molecular complexity index is 618. The van der Waals surface area contributed by atoms with E-state index in [9.17, 15) is 0 Å².